The third-order valence-corrected chi connectivity index (χ3v) is 9.02. The van der Waals surface area contributed by atoms with Gasteiger partial charge in [-0.05, 0) is 55.4 Å². The SMILES string of the molecule is O=C(c1cc(C2CCCCC2)no1)N1CCC[C@]2(C[C@@H](O)[C@H](c3ccccc3)N(Cc3cccc(F)c3)C2=O)C1. The summed E-state index contributed by atoms with van der Waals surface area (Å²) in [5, 5.41) is 15.8. The van der Waals surface area contributed by atoms with Crippen LogP contribution >= 0.6 is 0 Å². The van der Waals surface area contributed by atoms with Crippen LogP contribution in [0.1, 0.15) is 90.7 Å². The number of benzene rings is 2. The van der Waals surface area contributed by atoms with Gasteiger partial charge < -0.3 is 19.4 Å². The molecule has 40 heavy (non-hydrogen) atoms. The number of nitrogens with zero attached hydrogens (tertiary/aromatic N) is 3. The highest BCUT2D eigenvalue weighted by Crippen LogP contribution is 2.46. The molecule has 0 bridgehead atoms. The Morgan fingerprint density at radius 1 is 1.05 bits per heavy atom. The Morgan fingerprint density at radius 2 is 1.85 bits per heavy atom. The zero-order valence-corrected chi connectivity index (χ0v) is 22.7. The number of hydrogen-bond acceptors (Lipinski definition) is 5. The van der Waals surface area contributed by atoms with Gasteiger partial charge in [0.2, 0.25) is 11.7 Å². The second kappa shape index (κ2) is 11.2. The molecule has 1 aliphatic carbocycles. The summed E-state index contributed by atoms with van der Waals surface area (Å²) < 4.78 is 19.6. The molecule has 1 N–H and O–H groups in total. The van der Waals surface area contributed by atoms with Crippen molar-refractivity contribution in [3.63, 3.8) is 0 Å². The molecule has 1 saturated carbocycles. The lowest BCUT2D eigenvalue weighted by molar-refractivity contribution is -0.165. The maximum Gasteiger partial charge on any atom is 0.292 e. The summed E-state index contributed by atoms with van der Waals surface area (Å²) in [6, 6.07) is 16.9. The fourth-order valence-corrected chi connectivity index (χ4v) is 7.07. The molecule has 3 heterocycles. The second-order valence-electron chi connectivity index (χ2n) is 11.8. The Kier molecular flexibility index (Phi) is 7.45. The van der Waals surface area contributed by atoms with Crippen LogP contribution in [0, 0.1) is 11.2 Å². The molecule has 2 saturated heterocycles. The Hall–Kier alpha value is -3.52. The van der Waals surface area contributed by atoms with Gasteiger partial charge in [0.05, 0.1) is 23.3 Å². The molecule has 3 atom stereocenters. The van der Waals surface area contributed by atoms with Crippen molar-refractivity contribution in [1.29, 1.82) is 0 Å². The van der Waals surface area contributed by atoms with E-state index in [2.05, 4.69) is 5.16 Å². The molecule has 1 spiro atoms. The number of likely N-dealkylation sites (tertiary alicyclic amines) is 2. The Balaban J connectivity index is 1.27. The van der Waals surface area contributed by atoms with Crippen molar-refractivity contribution in [2.45, 2.75) is 76.0 Å². The summed E-state index contributed by atoms with van der Waals surface area (Å²) in [5.41, 5.74) is 1.39. The largest absolute Gasteiger partial charge is 0.391 e. The van der Waals surface area contributed by atoms with Gasteiger partial charge in [-0.3, -0.25) is 9.59 Å². The average Bonchev–Trinajstić information content (AvgIpc) is 3.47. The van der Waals surface area contributed by atoms with Gasteiger partial charge in [0.1, 0.15) is 5.82 Å². The summed E-state index contributed by atoms with van der Waals surface area (Å²) in [4.78, 5) is 31.3. The molecule has 2 aromatic carbocycles. The standard InChI is InChI=1S/C32H36FN3O4/c33-25-14-7-9-22(17-25)20-36-29(24-12-5-2-6-13-24)27(37)19-32(31(36)39)15-8-16-35(21-32)30(38)28-18-26(34-40-28)23-10-3-1-4-11-23/h2,5-7,9,12-14,17-18,23,27,29,37H,1,3-4,8,10-11,15-16,19-21H2/t27-,29+,32+/m1/s1. The Bertz CT molecular complexity index is 1350. The molecule has 210 valence electrons. The molecule has 3 fully saturated rings. The van der Waals surface area contributed by atoms with E-state index in [1.165, 1.54) is 18.6 Å². The lowest BCUT2D eigenvalue weighted by Gasteiger charge is -2.51. The summed E-state index contributed by atoms with van der Waals surface area (Å²) in [5.74, 6) is -0.220. The first-order chi connectivity index (χ1) is 19.4. The van der Waals surface area contributed by atoms with Gasteiger partial charge in [0.15, 0.2) is 0 Å². The van der Waals surface area contributed by atoms with Crippen LogP contribution in [0.3, 0.4) is 0 Å². The number of hydrogen-bond donors (Lipinski definition) is 1. The molecule has 2 amide bonds. The van der Waals surface area contributed by atoms with Crippen LogP contribution in [-0.4, -0.2) is 51.1 Å². The van der Waals surface area contributed by atoms with Gasteiger partial charge in [0.25, 0.3) is 5.91 Å². The average molecular weight is 546 g/mol. The highest BCUT2D eigenvalue weighted by atomic mass is 19.1. The van der Waals surface area contributed by atoms with E-state index in [0.717, 1.165) is 36.9 Å². The Morgan fingerprint density at radius 3 is 2.62 bits per heavy atom. The molecule has 7 nitrogen and oxygen atoms in total. The fraction of sp³-hybridized carbons (Fsp3) is 0.469. The minimum absolute atomic E-state index is 0.117. The first-order valence-corrected chi connectivity index (χ1v) is 14.5. The molecule has 3 aliphatic rings. The lowest BCUT2D eigenvalue weighted by Crippen LogP contribution is -2.61. The van der Waals surface area contributed by atoms with Crippen molar-refractivity contribution in [3.8, 4) is 0 Å². The van der Waals surface area contributed by atoms with E-state index < -0.39 is 17.6 Å². The van der Waals surface area contributed by atoms with Gasteiger partial charge in [-0.2, -0.15) is 0 Å². The van der Waals surface area contributed by atoms with Gasteiger partial charge in [-0.15, -0.1) is 0 Å². The van der Waals surface area contributed by atoms with E-state index >= 15 is 0 Å². The van der Waals surface area contributed by atoms with Gasteiger partial charge >= 0.3 is 0 Å². The van der Waals surface area contributed by atoms with Crippen molar-refractivity contribution in [2.75, 3.05) is 13.1 Å². The van der Waals surface area contributed by atoms with Crippen LogP contribution in [0.15, 0.2) is 65.2 Å². The number of amides is 2. The first-order valence-electron chi connectivity index (χ1n) is 14.5. The van der Waals surface area contributed by atoms with Crippen LogP contribution in [0.25, 0.3) is 0 Å². The van der Waals surface area contributed by atoms with E-state index in [0.29, 0.717) is 30.9 Å². The number of piperidine rings is 2. The smallest absolute Gasteiger partial charge is 0.292 e. The number of aromatic nitrogens is 1. The van der Waals surface area contributed by atoms with E-state index in [9.17, 15) is 19.1 Å². The molecular weight excluding hydrogens is 509 g/mol. The van der Waals surface area contributed by atoms with Crippen molar-refractivity contribution >= 4 is 11.8 Å². The number of aliphatic hydroxyl groups is 1. The van der Waals surface area contributed by atoms with Crippen molar-refractivity contribution < 1.29 is 23.6 Å². The zero-order chi connectivity index (χ0) is 27.7. The van der Waals surface area contributed by atoms with Crippen molar-refractivity contribution in [2.24, 2.45) is 5.41 Å². The van der Waals surface area contributed by atoms with Crippen LogP contribution in [0.4, 0.5) is 4.39 Å². The minimum Gasteiger partial charge on any atom is -0.391 e. The van der Waals surface area contributed by atoms with Crippen LogP contribution in [0.2, 0.25) is 0 Å². The van der Waals surface area contributed by atoms with Crippen molar-refractivity contribution in [1.82, 2.24) is 15.0 Å². The minimum atomic E-state index is -0.932. The predicted octanol–water partition coefficient (Wildman–Crippen LogP) is 5.62. The third-order valence-electron chi connectivity index (χ3n) is 9.02. The topological polar surface area (TPSA) is 86.9 Å². The molecule has 8 heteroatoms. The predicted molar refractivity (Wildman–Crippen MR) is 147 cm³/mol. The zero-order valence-electron chi connectivity index (χ0n) is 22.7. The Labute approximate surface area is 233 Å². The summed E-state index contributed by atoms with van der Waals surface area (Å²) in [6.45, 7) is 0.869. The van der Waals surface area contributed by atoms with Crippen molar-refractivity contribution in [3.05, 3.63) is 89.1 Å². The summed E-state index contributed by atoms with van der Waals surface area (Å²) in [6.07, 6.45) is 6.29. The molecule has 3 aromatic rings. The normalized spacial score (nSPS) is 25.9. The van der Waals surface area contributed by atoms with Gasteiger partial charge in [-0.1, -0.05) is 66.9 Å². The highest BCUT2D eigenvalue weighted by molar-refractivity contribution is 5.93. The number of aliphatic hydroxyl groups excluding tert-OH is 1. The van der Waals surface area contributed by atoms with Crippen LogP contribution < -0.4 is 0 Å². The highest BCUT2D eigenvalue weighted by Gasteiger charge is 2.53. The molecule has 0 unspecified atom stereocenters. The maximum atomic E-state index is 14.4. The monoisotopic (exact) mass is 545 g/mol. The van der Waals surface area contributed by atoms with Gasteiger partial charge in [-0.25, -0.2) is 4.39 Å². The number of halogens is 1. The molecular formula is C32H36FN3O4. The summed E-state index contributed by atoms with van der Waals surface area (Å²) in [7, 11) is 0. The van der Waals surface area contributed by atoms with Gasteiger partial charge in [0, 0.05) is 31.6 Å². The molecule has 0 radical (unpaired) electrons. The second-order valence-corrected chi connectivity index (χ2v) is 11.8. The van der Waals surface area contributed by atoms with E-state index in [4.69, 9.17) is 4.52 Å². The van der Waals surface area contributed by atoms with E-state index in [1.807, 2.05) is 30.3 Å². The first kappa shape index (κ1) is 26.7. The van der Waals surface area contributed by atoms with E-state index in [1.54, 1.807) is 28.0 Å². The molecule has 1 aromatic heterocycles. The quantitative estimate of drug-likeness (QED) is 0.450. The number of rotatable bonds is 5. The van der Waals surface area contributed by atoms with E-state index in [-0.39, 0.29) is 42.9 Å². The lowest BCUT2D eigenvalue weighted by atomic mass is 9.69. The summed E-state index contributed by atoms with van der Waals surface area (Å²) >= 11 is 0. The number of carbonyl (C=O) groups is 2. The van der Waals surface area contributed by atoms with Crippen LogP contribution in [0.5, 0.6) is 0 Å². The fourth-order valence-electron chi connectivity index (χ4n) is 7.07. The van der Waals surface area contributed by atoms with Crippen LogP contribution in [-0.2, 0) is 11.3 Å². The molecule has 6 rings (SSSR count). The third kappa shape index (κ3) is 5.17. The number of carbonyl (C=O) groups excluding carboxylic acids is 2. The molecule has 2 aliphatic heterocycles. The maximum absolute atomic E-state index is 14.4.